The van der Waals surface area contributed by atoms with E-state index in [1.807, 2.05) is 20.8 Å². The number of carbonyl (C=O) groups excluding carboxylic acids is 2. The van der Waals surface area contributed by atoms with Crippen LogP contribution in [0, 0.1) is 17.8 Å². The maximum absolute atomic E-state index is 12.0. The summed E-state index contributed by atoms with van der Waals surface area (Å²) in [6.45, 7) is 11.2. The summed E-state index contributed by atoms with van der Waals surface area (Å²) in [6.07, 6.45) is 22.1. The molecule has 0 aliphatic rings. The molecular formula is C30H58O4. The molecule has 0 aromatic heterocycles. The van der Waals surface area contributed by atoms with Gasteiger partial charge in [0.2, 0.25) is 0 Å². The number of unbranched alkanes of at least 4 members (excludes halogenated alkanes) is 14. The third-order valence-corrected chi connectivity index (χ3v) is 7.18. The van der Waals surface area contributed by atoms with Crippen LogP contribution in [0.15, 0.2) is 0 Å². The minimum atomic E-state index is -0.130. The van der Waals surface area contributed by atoms with Crippen LogP contribution in [-0.2, 0) is 19.1 Å². The van der Waals surface area contributed by atoms with E-state index in [1.54, 1.807) is 0 Å². The van der Waals surface area contributed by atoms with Gasteiger partial charge in [-0.1, -0.05) is 125 Å². The summed E-state index contributed by atoms with van der Waals surface area (Å²) in [6, 6.07) is 0. The van der Waals surface area contributed by atoms with Crippen molar-refractivity contribution in [1.82, 2.24) is 0 Å². The first-order valence-corrected chi connectivity index (χ1v) is 14.7. The number of rotatable bonds is 24. The molecule has 4 nitrogen and oxygen atoms in total. The zero-order valence-electron chi connectivity index (χ0n) is 23.5. The first-order chi connectivity index (χ1) is 16.4. The highest BCUT2D eigenvalue weighted by molar-refractivity contribution is 5.72. The van der Waals surface area contributed by atoms with E-state index >= 15 is 0 Å². The van der Waals surface area contributed by atoms with Gasteiger partial charge in [0.15, 0.2) is 0 Å². The van der Waals surface area contributed by atoms with Crippen LogP contribution in [-0.4, -0.2) is 25.2 Å². The Balaban J connectivity index is 3.53. The Bertz CT molecular complexity index is 474. The molecule has 0 spiro atoms. The van der Waals surface area contributed by atoms with Gasteiger partial charge in [0, 0.05) is 6.42 Å². The summed E-state index contributed by atoms with van der Waals surface area (Å²) in [4.78, 5) is 24.0. The van der Waals surface area contributed by atoms with E-state index in [-0.39, 0.29) is 29.7 Å². The molecular weight excluding hydrogens is 424 g/mol. The summed E-state index contributed by atoms with van der Waals surface area (Å²) < 4.78 is 10.9. The Morgan fingerprint density at radius 1 is 0.647 bits per heavy atom. The second kappa shape index (κ2) is 23.7. The maximum Gasteiger partial charge on any atom is 0.308 e. The molecule has 0 aromatic rings. The van der Waals surface area contributed by atoms with Crippen molar-refractivity contribution in [3.63, 3.8) is 0 Å². The van der Waals surface area contributed by atoms with E-state index in [0.29, 0.717) is 19.6 Å². The van der Waals surface area contributed by atoms with Gasteiger partial charge in [-0.3, -0.25) is 9.59 Å². The van der Waals surface area contributed by atoms with Gasteiger partial charge in [0.05, 0.1) is 19.1 Å². The van der Waals surface area contributed by atoms with Gasteiger partial charge in [-0.05, 0) is 31.1 Å². The quantitative estimate of drug-likeness (QED) is 0.102. The van der Waals surface area contributed by atoms with Crippen molar-refractivity contribution in [3.8, 4) is 0 Å². The van der Waals surface area contributed by atoms with Crippen LogP contribution < -0.4 is 0 Å². The van der Waals surface area contributed by atoms with Crippen LogP contribution >= 0.6 is 0 Å². The normalized spacial score (nSPS) is 13.1. The monoisotopic (exact) mass is 482 g/mol. The lowest BCUT2D eigenvalue weighted by atomic mass is 9.98. The molecule has 0 aromatic carbocycles. The van der Waals surface area contributed by atoms with Crippen molar-refractivity contribution in [2.75, 3.05) is 13.2 Å². The molecule has 0 fully saturated rings. The van der Waals surface area contributed by atoms with Crippen molar-refractivity contribution in [3.05, 3.63) is 0 Å². The van der Waals surface area contributed by atoms with Crippen LogP contribution in [0.1, 0.15) is 150 Å². The largest absolute Gasteiger partial charge is 0.465 e. The van der Waals surface area contributed by atoms with Crippen molar-refractivity contribution in [2.45, 2.75) is 150 Å². The SMILES string of the molecule is CCCCCCCCCCCCCCCCCC(=O)OC[C@@H](CC)CCOC(=O)[C@@H](C)C(C)C. The third kappa shape index (κ3) is 20.3. The number of carbonyl (C=O) groups is 2. The highest BCUT2D eigenvalue weighted by Crippen LogP contribution is 2.16. The third-order valence-electron chi connectivity index (χ3n) is 7.18. The first-order valence-electron chi connectivity index (χ1n) is 14.7. The van der Waals surface area contributed by atoms with Gasteiger partial charge in [-0.15, -0.1) is 0 Å². The molecule has 202 valence electrons. The van der Waals surface area contributed by atoms with E-state index in [2.05, 4.69) is 13.8 Å². The van der Waals surface area contributed by atoms with Gasteiger partial charge >= 0.3 is 11.9 Å². The molecule has 0 N–H and O–H groups in total. The van der Waals surface area contributed by atoms with Gasteiger partial charge < -0.3 is 9.47 Å². The Hall–Kier alpha value is -1.06. The highest BCUT2D eigenvalue weighted by atomic mass is 16.5. The highest BCUT2D eigenvalue weighted by Gasteiger charge is 2.19. The van der Waals surface area contributed by atoms with E-state index in [4.69, 9.17) is 9.47 Å². The summed E-state index contributed by atoms with van der Waals surface area (Å²) >= 11 is 0. The lowest BCUT2D eigenvalue weighted by Gasteiger charge is -2.17. The molecule has 0 radical (unpaired) electrons. The van der Waals surface area contributed by atoms with Crippen molar-refractivity contribution in [1.29, 1.82) is 0 Å². The zero-order valence-corrected chi connectivity index (χ0v) is 23.5. The molecule has 0 saturated heterocycles. The standard InChI is InChI=1S/C30H58O4/c1-6-8-9-10-11-12-13-14-15-16-17-18-19-20-21-22-29(31)34-25-28(7-2)23-24-33-30(32)27(5)26(3)4/h26-28H,6-25H2,1-5H3/t27-,28-/m0/s1. The Kier molecular flexibility index (Phi) is 22.9. The average Bonchev–Trinajstić information content (AvgIpc) is 2.82. The number of hydrogen-bond donors (Lipinski definition) is 0. The van der Waals surface area contributed by atoms with E-state index in [1.165, 1.54) is 83.5 Å². The van der Waals surface area contributed by atoms with E-state index in [0.717, 1.165) is 25.7 Å². The fraction of sp³-hybridized carbons (Fsp3) is 0.933. The van der Waals surface area contributed by atoms with Crippen LogP contribution in [0.4, 0.5) is 0 Å². The summed E-state index contributed by atoms with van der Waals surface area (Å²) in [5, 5.41) is 0. The van der Waals surface area contributed by atoms with Crippen molar-refractivity contribution < 1.29 is 19.1 Å². The minimum absolute atomic E-state index is 0.0761. The predicted molar refractivity (Wildman–Crippen MR) is 144 cm³/mol. The predicted octanol–water partition coefficient (Wildman–Crippen LogP) is 9.04. The van der Waals surface area contributed by atoms with Crippen molar-refractivity contribution in [2.24, 2.45) is 17.8 Å². The number of ether oxygens (including phenoxy) is 2. The summed E-state index contributed by atoms with van der Waals surface area (Å²) in [7, 11) is 0. The van der Waals surface area contributed by atoms with Gasteiger partial charge in [0.25, 0.3) is 0 Å². The van der Waals surface area contributed by atoms with E-state index in [9.17, 15) is 9.59 Å². The topological polar surface area (TPSA) is 52.6 Å². The molecule has 0 amide bonds. The van der Waals surface area contributed by atoms with Gasteiger partial charge in [0.1, 0.15) is 0 Å². The molecule has 0 aliphatic carbocycles. The van der Waals surface area contributed by atoms with Gasteiger partial charge in [-0.2, -0.15) is 0 Å². The molecule has 0 saturated carbocycles. The summed E-state index contributed by atoms with van der Waals surface area (Å²) in [5.74, 6) is 0.253. The Morgan fingerprint density at radius 2 is 1.12 bits per heavy atom. The fourth-order valence-electron chi connectivity index (χ4n) is 4.06. The molecule has 34 heavy (non-hydrogen) atoms. The number of hydrogen-bond acceptors (Lipinski definition) is 4. The number of esters is 2. The zero-order chi connectivity index (χ0) is 25.4. The lowest BCUT2D eigenvalue weighted by molar-refractivity contribution is -0.151. The molecule has 0 aliphatic heterocycles. The van der Waals surface area contributed by atoms with Crippen LogP contribution in [0.2, 0.25) is 0 Å². The Labute approximate surface area is 212 Å². The van der Waals surface area contributed by atoms with Crippen LogP contribution in [0.3, 0.4) is 0 Å². The van der Waals surface area contributed by atoms with Crippen LogP contribution in [0.25, 0.3) is 0 Å². The lowest BCUT2D eigenvalue weighted by Crippen LogP contribution is -2.22. The first kappa shape index (κ1) is 32.9. The smallest absolute Gasteiger partial charge is 0.308 e. The Morgan fingerprint density at radius 3 is 1.56 bits per heavy atom. The second-order valence-corrected chi connectivity index (χ2v) is 10.6. The molecule has 2 atom stereocenters. The second-order valence-electron chi connectivity index (χ2n) is 10.6. The molecule has 0 rings (SSSR count). The molecule has 0 bridgehead atoms. The fourth-order valence-corrected chi connectivity index (χ4v) is 4.06. The summed E-state index contributed by atoms with van der Waals surface area (Å²) in [5.41, 5.74) is 0. The van der Waals surface area contributed by atoms with Gasteiger partial charge in [-0.25, -0.2) is 0 Å². The molecule has 4 heteroatoms. The van der Waals surface area contributed by atoms with Crippen molar-refractivity contribution >= 4 is 11.9 Å². The molecule has 0 heterocycles. The maximum atomic E-state index is 12.0. The van der Waals surface area contributed by atoms with Crippen LogP contribution in [0.5, 0.6) is 0 Å². The minimum Gasteiger partial charge on any atom is -0.465 e. The molecule has 0 unspecified atom stereocenters. The average molecular weight is 483 g/mol. The van der Waals surface area contributed by atoms with E-state index < -0.39 is 0 Å².